The van der Waals surface area contributed by atoms with E-state index < -0.39 is 4.92 Å². The highest BCUT2D eigenvalue weighted by Gasteiger charge is 2.15. The summed E-state index contributed by atoms with van der Waals surface area (Å²) < 4.78 is 0. The molecule has 20 heavy (non-hydrogen) atoms. The average Bonchev–Trinajstić information content (AvgIpc) is 2.38. The Labute approximate surface area is 116 Å². The fourth-order valence-electron chi connectivity index (χ4n) is 1.94. The number of aryl methyl sites for hydroxylation is 1. The van der Waals surface area contributed by atoms with E-state index in [0.717, 1.165) is 5.56 Å². The second-order valence-corrected chi connectivity index (χ2v) is 4.48. The van der Waals surface area contributed by atoms with Crippen molar-refractivity contribution in [3.63, 3.8) is 0 Å². The van der Waals surface area contributed by atoms with Crippen LogP contribution in [0, 0.1) is 17.0 Å². The highest BCUT2D eigenvalue weighted by Crippen LogP contribution is 2.19. The summed E-state index contributed by atoms with van der Waals surface area (Å²) in [6.45, 7) is 1.93. The van der Waals surface area contributed by atoms with Gasteiger partial charge in [-0.15, -0.1) is 0 Å². The SMILES string of the molecule is Cc1cccc(NC(=O)Cc2ccccc2[N+](=O)[O-])c1. The molecule has 5 heteroatoms. The predicted octanol–water partition coefficient (Wildman–Crippen LogP) is 3.08. The molecule has 2 aromatic rings. The van der Waals surface area contributed by atoms with E-state index in [2.05, 4.69) is 5.32 Å². The van der Waals surface area contributed by atoms with Gasteiger partial charge in [-0.1, -0.05) is 30.3 Å². The number of nitrogens with one attached hydrogen (secondary N) is 1. The molecule has 0 fully saturated rings. The zero-order chi connectivity index (χ0) is 14.5. The number of anilines is 1. The second kappa shape index (κ2) is 5.97. The summed E-state index contributed by atoms with van der Waals surface area (Å²) in [5.41, 5.74) is 2.09. The third-order valence-corrected chi connectivity index (χ3v) is 2.84. The minimum Gasteiger partial charge on any atom is -0.326 e. The zero-order valence-corrected chi connectivity index (χ0v) is 11.0. The van der Waals surface area contributed by atoms with Crippen molar-refractivity contribution in [1.82, 2.24) is 0 Å². The average molecular weight is 270 g/mol. The molecule has 5 nitrogen and oxygen atoms in total. The summed E-state index contributed by atoms with van der Waals surface area (Å²) in [4.78, 5) is 22.3. The van der Waals surface area contributed by atoms with Crippen LogP contribution in [0.2, 0.25) is 0 Å². The summed E-state index contributed by atoms with van der Waals surface area (Å²) in [5.74, 6) is -0.273. The molecule has 0 radical (unpaired) electrons. The molecule has 0 aliphatic heterocycles. The second-order valence-electron chi connectivity index (χ2n) is 4.48. The number of para-hydroxylation sites is 1. The van der Waals surface area contributed by atoms with E-state index in [0.29, 0.717) is 11.3 Å². The van der Waals surface area contributed by atoms with Crippen LogP contribution < -0.4 is 5.32 Å². The quantitative estimate of drug-likeness (QED) is 0.685. The van der Waals surface area contributed by atoms with E-state index in [1.54, 1.807) is 24.3 Å². The van der Waals surface area contributed by atoms with Gasteiger partial charge in [0, 0.05) is 17.3 Å². The van der Waals surface area contributed by atoms with Gasteiger partial charge in [0.25, 0.3) is 5.69 Å². The van der Waals surface area contributed by atoms with E-state index in [1.807, 2.05) is 25.1 Å². The van der Waals surface area contributed by atoms with E-state index in [1.165, 1.54) is 6.07 Å². The number of rotatable bonds is 4. The van der Waals surface area contributed by atoms with Gasteiger partial charge in [-0.2, -0.15) is 0 Å². The van der Waals surface area contributed by atoms with Crippen LogP contribution in [0.1, 0.15) is 11.1 Å². The van der Waals surface area contributed by atoms with Crippen LogP contribution in [0.5, 0.6) is 0 Å². The van der Waals surface area contributed by atoms with Crippen molar-refractivity contribution >= 4 is 17.3 Å². The molecule has 0 heterocycles. The van der Waals surface area contributed by atoms with Gasteiger partial charge < -0.3 is 5.32 Å². The molecule has 0 aliphatic rings. The lowest BCUT2D eigenvalue weighted by Gasteiger charge is -2.06. The first kappa shape index (κ1) is 13.7. The van der Waals surface area contributed by atoms with Crippen molar-refractivity contribution in [3.05, 3.63) is 69.8 Å². The summed E-state index contributed by atoms with van der Waals surface area (Å²) in [6, 6.07) is 13.7. The van der Waals surface area contributed by atoms with E-state index >= 15 is 0 Å². The Kier molecular flexibility index (Phi) is 4.10. The highest BCUT2D eigenvalue weighted by atomic mass is 16.6. The number of hydrogen-bond donors (Lipinski definition) is 1. The van der Waals surface area contributed by atoms with Crippen LogP contribution in [0.3, 0.4) is 0 Å². The summed E-state index contributed by atoms with van der Waals surface area (Å²) in [5, 5.41) is 13.6. The molecule has 0 aromatic heterocycles. The maximum Gasteiger partial charge on any atom is 0.273 e. The van der Waals surface area contributed by atoms with Crippen LogP contribution >= 0.6 is 0 Å². The summed E-state index contributed by atoms with van der Waals surface area (Å²) in [7, 11) is 0. The number of benzene rings is 2. The van der Waals surface area contributed by atoms with Crippen LogP contribution in [0.4, 0.5) is 11.4 Å². The normalized spacial score (nSPS) is 10.1. The van der Waals surface area contributed by atoms with Crippen molar-refractivity contribution in [1.29, 1.82) is 0 Å². The molecule has 1 N–H and O–H groups in total. The lowest BCUT2D eigenvalue weighted by atomic mass is 10.1. The first-order valence-electron chi connectivity index (χ1n) is 6.15. The number of nitro groups is 1. The number of carbonyl (C=O) groups is 1. The van der Waals surface area contributed by atoms with Gasteiger partial charge in [0.05, 0.1) is 11.3 Å². The van der Waals surface area contributed by atoms with Gasteiger partial charge in [-0.3, -0.25) is 14.9 Å². The minimum absolute atomic E-state index is 0.0227. The molecule has 102 valence electrons. The Balaban J connectivity index is 2.11. The minimum atomic E-state index is -0.477. The van der Waals surface area contributed by atoms with Crippen LogP contribution in [0.15, 0.2) is 48.5 Å². The van der Waals surface area contributed by atoms with Crippen molar-refractivity contribution < 1.29 is 9.72 Å². The van der Waals surface area contributed by atoms with E-state index in [4.69, 9.17) is 0 Å². The first-order chi connectivity index (χ1) is 9.56. The molecule has 0 unspecified atom stereocenters. The third-order valence-electron chi connectivity index (χ3n) is 2.84. The Morgan fingerprint density at radius 3 is 2.65 bits per heavy atom. The lowest BCUT2D eigenvalue weighted by Crippen LogP contribution is -2.15. The number of amides is 1. The van der Waals surface area contributed by atoms with Crippen LogP contribution in [-0.4, -0.2) is 10.8 Å². The maximum absolute atomic E-state index is 11.9. The Hall–Kier alpha value is -2.69. The van der Waals surface area contributed by atoms with Crippen molar-refractivity contribution in [2.24, 2.45) is 0 Å². The molecule has 0 saturated heterocycles. The van der Waals surface area contributed by atoms with Gasteiger partial charge >= 0.3 is 0 Å². The van der Waals surface area contributed by atoms with Gasteiger partial charge in [0.1, 0.15) is 0 Å². The molecule has 0 spiro atoms. The topological polar surface area (TPSA) is 72.2 Å². The van der Waals surface area contributed by atoms with Gasteiger partial charge in [-0.25, -0.2) is 0 Å². The molecule has 0 atom stereocenters. The zero-order valence-electron chi connectivity index (χ0n) is 11.0. The summed E-state index contributed by atoms with van der Waals surface area (Å²) in [6.07, 6.45) is -0.0227. The standard InChI is InChI=1S/C15H14N2O3/c1-11-5-4-7-13(9-11)16-15(18)10-12-6-2-3-8-14(12)17(19)20/h2-9H,10H2,1H3,(H,16,18). The smallest absolute Gasteiger partial charge is 0.273 e. The first-order valence-corrected chi connectivity index (χ1v) is 6.15. The Morgan fingerprint density at radius 1 is 1.20 bits per heavy atom. The summed E-state index contributed by atoms with van der Waals surface area (Å²) >= 11 is 0. The van der Waals surface area contributed by atoms with Crippen molar-refractivity contribution in [3.8, 4) is 0 Å². The molecule has 0 aliphatic carbocycles. The van der Waals surface area contributed by atoms with Crippen LogP contribution in [-0.2, 0) is 11.2 Å². The van der Waals surface area contributed by atoms with Crippen LogP contribution in [0.25, 0.3) is 0 Å². The number of carbonyl (C=O) groups excluding carboxylic acids is 1. The largest absolute Gasteiger partial charge is 0.326 e. The van der Waals surface area contributed by atoms with Crippen molar-refractivity contribution in [2.75, 3.05) is 5.32 Å². The molecule has 0 bridgehead atoms. The predicted molar refractivity (Wildman–Crippen MR) is 76.6 cm³/mol. The fourth-order valence-corrected chi connectivity index (χ4v) is 1.94. The third kappa shape index (κ3) is 3.41. The molecule has 0 saturated carbocycles. The maximum atomic E-state index is 11.9. The van der Waals surface area contributed by atoms with Gasteiger partial charge in [0.2, 0.25) is 5.91 Å². The van der Waals surface area contributed by atoms with Gasteiger partial charge in [-0.05, 0) is 24.6 Å². The Morgan fingerprint density at radius 2 is 1.95 bits per heavy atom. The van der Waals surface area contributed by atoms with Gasteiger partial charge in [0.15, 0.2) is 0 Å². The van der Waals surface area contributed by atoms with Crippen molar-refractivity contribution in [2.45, 2.75) is 13.3 Å². The number of hydrogen-bond acceptors (Lipinski definition) is 3. The number of nitro benzene ring substituents is 1. The fraction of sp³-hybridized carbons (Fsp3) is 0.133. The molecule has 2 aromatic carbocycles. The molecular formula is C15H14N2O3. The Bertz CT molecular complexity index is 653. The van der Waals surface area contributed by atoms with E-state index in [-0.39, 0.29) is 18.0 Å². The molecule has 1 amide bonds. The molecular weight excluding hydrogens is 256 g/mol. The molecule has 2 rings (SSSR count). The monoisotopic (exact) mass is 270 g/mol. The lowest BCUT2D eigenvalue weighted by molar-refractivity contribution is -0.385. The van der Waals surface area contributed by atoms with E-state index in [9.17, 15) is 14.9 Å². The number of nitrogens with zero attached hydrogens (tertiary/aromatic N) is 1. The highest BCUT2D eigenvalue weighted by molar-refractivity contribution is 5.92.